The molecule has 0 atom stereocenters. The molecule has 15 heavy (non-hydrogen) atoms. The van der Waals surface area contributed by atoms with Gasteiger partial charge in [0.05, 0.1) is 0 Å². The van der Waals surface area contributed by atoms with Gasteiger partial charge in [0.25, 0.3) is 0 Å². The van der Waals surface area contributed by atoms with Crippen LogP contribution >= 0.6 is 11.8 Å². The number of hydrogen-bond donors (Lipinski definition) is 1. The number of carbonyl (C=O) groups excluding carboxylic acids is 1. The molecular weight excluding hydrogens is 208 g/mol. The van der Waals surface area contributed by atoms with Gasteiger partial charge in [-0.15, -0.1) is 0 Å². The van der Waals surface area contributed by atoms with E-state index in [1.165, 1.54) is 11.8 Å². The van der Waals surface area contributed by atoms with Crippen LogP contribution in [0.2, 0.25) is 0 Å². The first-order valence-electron chi connectivity index (χ1n) is 4.53. The van der Waals surface area contributed by atoms with Crippen LogP contribution in [0.15, 0.2) is 18.2 Å². The lowest BCUT2D eigenvalue weighted by molar-refractivity contribution is -0.109. The lowest BCUT2D eigenvalue weighted by Crippen LogP contribution is -1.91. The molecule has 0 aromatic carbocycles. The molecule has 3 nitrogen and oxygen atoms in total. The van der Waals surface area contributed by atoms with Crippen molar-refractivity contribution >= 4 is 22.7 Å². The number of aromatic nitrogens is 1. The summed E-state index contributed by atoms with van der Waals surface area (Å²) in [5.41, 5.74) is 6.17. The monoisotopic (exact) mass is 220 g/mol. The van der Waals surface area contributed by atoms with Crippen molar-refractivity contribution in [3.05, 3.63) is 23.9 Å². The molecular formula is C11H12N2OS. The number of thioether (sulfide) groups is 1. The lowest BCUT2D eigenvalue weighted by Gasteiger charge is -1.92. The molecule has 1 heterocycles. The molecule has 78 valence electrons. The van der Waals surface area contributed by atoms with Crippen LogP contribution in [0.4, 0.5) is 5.82 Å². The Balaban J connectivity index is 2.41. The van der Waals surface area contributed by atoms with E-state index in [0.717, 1.165) is 5.75 Å². The highest BCUT2D eigenvalue weighted by molar-refractivity contribution is 8.13. The van der Waals surface area contributed by atoms with Gasteiger partial charge in [-0.1, -0.05) is 23.7 Å². The van der Waals surface area contributed by atoms with E-state index in [1.54, 1.807) is 13.0 Å². The lowest BCUT2D eigenvalue weighted by atomic mass is 10.3. The molecule has 0 radical (unpaired) electrons. The van der Waals surface area contributed by atoms with E-state index in [0.29, 0.717) is 17.9 Å². The fourth-order valence-corrected chi connectivity index (χ4v) is 1.41. The maximum absolute atomic E-state index is 10.6. The molecule has 1 aromatic rings. The Labute approximate surface area is 93.5 Å². The Morgan fingerprint density at radius 2 is 2.40 bits per heavy atom. The average molecular weight is 220 g/mol. The summed E-state index contributed by atoms with van der Waals surface area (Å²) in [5, 5.41) is 0.124. The molecule has 0 aliphatic carbocycles. The van der Waals surface area contributed by atoms with Gasteiger partial charge in [-0.25, -0.2) is 4.98 Å². The van der Waals surface area contributed by atoms with Crippen LogP contribution in [0.5, 0.6) is 0 Å². The van der Waals surface area contributed by atoms with Gasteiger partial charge < -0.3 is 5.73 Å². The van der Waals surface area contributed by atoms with Gasteiger partial charge in [0.15, 0.2) is 5.12 Å². The van der Waals surface area contributed by atoms with E-state index in [1.807, 2.05) is 12.1 Å². The van der Waals surface area contributed by atoms with Crippen LogP contribution in [-0.2, 0) is 4.79 Å². The number of hydrogen-bond acceptors (Lipinski definition) is 4. The molecule has 0 aliphatic heterocycles. The zero-order valence-corrected chi connectivity index (χ0v) is 9.30. The SMILES string of the molecule is CC(=O)SCCC#Cc1cccc(N)n1. The summed E-state index contributed by atoms with van der Waals surface area (Å²) in [5.74, 6) is 7.04. The van der Waals surface area contributed by atoms with Crippen molar-refractivity contribution in [2.75, 3.05) is 11.5 Å². The highest BCUT2D eigenvalue weighted by Gasteiger charge is 1.91. The molecule has 1 aromatic heterocycles. The van der Waals surface area contributed by atoms with Crippen molar-refractivity contribution in [3.63, 3.8) is 0 Å². The molecule has 0 fully saturated rings. The van der Waals surface area contributed by atoms with Crippen LogP contribution in [0, 0.1) is 11.8 Å². The number of pyridine rings is 1. The topological polar surface area (TPSA) is 56.0 Å². The third kappa shape index (κ3) is 5.08. The minimum absolute atomic E-state index is 0.124. The molecule has 0 spiro atoms. The first-order valence-corrected chi connectivity index (χ1v) is 5.52. The van der Waals surface area contributed by atoms with Gasteiger partial charge in [-0.3, -0.25) is 4.79 Å². The molecule has 2 N–H and O–H groups in total. The summed E-state index contributed by atoms with van der Waals surface area (Å²) in [6, 6.07) is 5.34. The predicted octanol–water partition coefficient (Wildman–Crippen LogP) is 1.69. The quantitative estimate of drug-likeness (QED) is 0.608. The van der Waals surface area contributed by atoms with Crippen molar-refractivity contribution in [1.29, 1.82) is 0 Å². The average Bonchev–Trinajstić information content (AvgIpc) is 2.17. The number of rotatable bonds is 2. The third-order valence-corrected chi connectivity index (χ3v) is 2.33. The minimum Gasteiger partial charge on any atom is -0.384 e. The largest absolute Gasteiger partial charge is 0.384 e. The molecule has 0 unspecified atom stereocenters. The Kier molecular flexibility index (Phi) is 4.72. The third-order valence-electron chi connectivity index (χ3n) is 1.52. The van der Waals surface area contributed by atoms with Crippen LogP contribution in [0.1, 0.15) is 19.0 Å². The number of nitrogen functional groups attached to an aromatic ring is 1. The van der Waals surface area contributed by atoms with Gasteiger partial charge in [0.2, 0.25) is 0 Å². The Hall–Kier alpha value is -1.47. The van der Waals surface area contributed by atoms with Gasteiger partial charge in [-0.05, 0) is 18.1 Å². The summed E-state index contributed by atoms with van der Waals surface area (Å²) < 4.78 is 0. The van der Waals surface area contributed by atoms with Crippen LogP contribution in [0.25, 0.3) is 0 Å². The van der Waals surface area contributed by atoms with E-state index in [-0.39, 0.29) is 5.12 Å². The number of nitrogens with zero attached hydrogens (tertiary/aromatic N) is 1. The highest BCUT2D eigenvalue weighted by atomic mass is 32.2. The van der Waals surface area contributed by atoms with Gasteiger partial charge in [0, 0.05) is 19.1 Å². The summed E-state index contributed by atoms with van der Waals surface area (Å²) in [4.78, 5) is 14.6. The maximum atomic E-state index is 10.6. The Morgan fingerprint density at radius 1 is 1.60 bits per heavy atom. The smallest absolute Gasteiger partial charge is 0.185 e. The summed E-state index contributed by atoms with van der Waals surface area (Å²) in [7, 11) is 0. The van der Waals surface area contributed by atoms with E-state index in [4.69, 9.17) is 5.73 Å². The van der Waals surface area contributed by atoms with Crippen molar-refractivity contribution in [3.8, 4) is 11.8 Å². The van der Waals surface area contributed by atoms with E-state index >= 15 is 0 Å². The molecule has 0 saturated carbocycles. The zero-order valence-electron chi connectivity index (χ0n) is 8.49. The number of nitrogens with two attached hydrogens (primary N) is 1. The summed E-state index contributed by atoms with van der Waals surface area (Å²) in [6.07, 6.45) is 0.681. The fraction of sp³-hybridized carbons (Fsp3) is 0.273. The van der Waals surface area contributed by atoms with E-state index < -0.39 is 0 Å². The Bertz CT molecular complexity index is 407. The summed E-state index contributed by atoms with van der Waals surface area (Å²) in [6.45, 7) is 1.55. The number of anilines is 1. The highest BCUT2D eigenvalue weighted by Crippen LogP contribution is 2.02. The maximum Gasteiger partial charge on any atom is 0.185 e. The summed E-state index contributed by atoms with van der Waals surface area (Å²) >= 11 is 1.28. The van der Waals surface area contributed by atoms with Crippen molar-refractivity contribution in [2.45, 2.75) is 13.3 Å². The second-order valence-corrected chi connectivity index (χ2v) is 4.11. The molecule has 0 amide bonds. The standard InChI is InChI=1S/C11H12N2OS/c1-9(14)15-8-3-2-5-10-6-4-7-11(12)13-10/h4,6-7H,3,8H2,1H3,(H2,12,13). The van der Waals surface area contributed by atoms with Crippen molar-refractivity contribution < 1.29 is 4.79 Å². The Morgan fingerprint density at radius 3 is 3.07 bits per heavy atom. The molecule has 0 bridgehead atoms. The molecule has 0 saturated heterocycles. The van der Waals surface area contributed by atoms with Gasteiger partial charge in [-0.2, -0.15) is 0 Å². The first kappa shape index (κ1) is 11.6. The predicted molar refractivity (Wildman–Crippen MR) is 63.3 cm³/mol. The van der Waals surface area contributed by atoms with E-state index in [2.05, 4.69) is 16.8 Å². The second-order valence-electron chi connectivity index (χ2n) is 2.84. The minimum atomic E-state index is 0.124. The van der Waals surface area contributed by atoms with Crippen LogP contribution in [0.3, 0.4) is 0 Å². The fourth-order valence-electron chi connectivity index (χ4n) is 0.920. The molecule has 1 rings (SSSR count). The van der Waals surface area contributed by atoms with Crippen molar-refractivity contribution in [1.82, 2.24) is 4.98 Å². The number of carbonyl (C=O) groups is 1. The van der Waals surface area contributed by atoms with Gasteiger partial charge in [0.1, 0.15) is 11.5 Å². The van der Waals surface area contributed by atoms with Crippen molar-refractivity contribution in [2.24, 2.45) is 0 Å². The molecule has 0 aliphatic rings. The zero-order chi connectivity index (χ0) is 11.1. The van der Waals surface area contributed by atoms with Gasteiger partial charge >= 0.3 is 0 Å². The first-order chi connectivity index (χ1) is 7.18. The molecule has 4 heteroatoms. The van der Waals surface area contributed by atoms with Crippen LogP contribution < -0.4 is 5.73 Å². The van der Waals surface area contributed by atoms with Crippen LogP contribution in [-0.4, -0.2) is 15.9 Å². The van der Waals surface area contributed by atoms with E-state index in [9.17, 15) is 4.79 Å². The second kappa shape index (κ2) is 6.10. The normalized spacial score (nSPS) is 9.13.